The second kappa shape index (κ2) is 12.8. The van der Waals surface area contributed by atoms with Crippen molar-refractivity contribution in [3.63, 3.8) is 0 Å². The van der Waals surface area contributed by atoms with Crippen molar-refractivity contribution < 1.29 is 23.8 Å². The zero-order valence-corrected chi connectivity index (χ0v) is 23.3. The number of aliphatic imine (C=N–C) groups is 1. The van der Waals surface area contributed by atoms with E-state index >= 15 is 0 Å². The van der Waals surface area contributed by atoms with E-state index in [9.17, 15) is 9.59 Å². The number of hydrogen-bond acceptors (Lipinski definition) is 7. The molecule has 3 aromatic rings. The first-order chi connectivity index (χ1) is 18.0. The molecule has 190 valence electrons. The fraction of sp³-hybridized carbons (Fsp3) is 0.179. The van der Waals surface area contributed by atoms with Crippen LogP contribution in [-0.2, 0) is 14.3 Å². The summed E-state index contributed by atoms with van der Waals surface area (Å²) < 4.78 is 17.2. The van der Waals surface area contributed by atoms with Crippen molar-refractivity contribution in [2.24, 2.45) is 4.99 Å². The standard InChI is InChI=1S/C28H25IN2O5S/c1-3-34-23-16-19(15-22(29)26(23)36-18-25(32)35-4-2)17-24-27(33)31(21-13-9-6-10-14-21)28(37-24)30-20-11-7-5-8-12-20/h5-17H,3-4,18H2,1-2H3/b24-17+,30-28?. The van der Waals surface area contributed by atoms with Gasteiger partial charge in [0.25, 0.3) is 5.91 Å². The number of amides is 1. The van der Waals surface area contributed by atoms with Crippen LogP contribution in [0, 0.1) is 3.57 Å². The quantitative estimate of drug-likeness (QED) is 0.154. The number of hydrogen-bond donors (Lipinski definition) is 0. The number of anilines is 1. The highest BCUT2D eigenvalue weighted by molar-refractivity contribution is 14.1. The van der Waals surface area contributed by atoms with Gasteiger partial charge in [0.1, 0.15) is 0 Å². The molecule has 3 aromatic carbocycles. The van der Waals surface area contributed by atoms with Crippen molar-refractivity contribution in [1.82, 2.24) is 0 Å². The van der Waals surface area contributed by atoms with E-state index in [-0.39, 0.29) is 19.1 Å². The fourth-order valence-electron chi connectivity index (χ4n) is 3.53. The minimum absolute atomic E-state index is 0.165. The number of halogens is 1. The Kier molecular flexibility index (Phi) is 9.24. The Morgan fingerprint density at radius 3 is 2.38 bits per heavy atom. The van der Waals surface area contributed by atoms with Crippen LogP contribution in [0.3, 0.4) is 0 Å². The molecule has 0 aromatic heterocycles. The lowest BCUT2D eigenvalue weighted by Gasteiger charge is -2.15. The van der Waals surface area contributed by atoms with Crippen LogP contribution in [0.25, 0.3) is 6.08 Å². The van der Waals surface area contributed by atoms with Gasteiger partial charge >= 0.3 is 5.97 Å². The number of amidine groups is 1. The summed E-state index contributed by atoms with van der Waals surface area (Å²) in [6, 6.07) is 22.7. The van der Waals surface area contributed by atoms with Crippen molar-refractivity contribution in [3.8, 4) is 11.5 Å². The molecule has 1 aliphatic heterocycles. The summed E-state index contributed by atoms with van der Waals surface area (Å²) in [5, 5.41) is 0.572. The normalized spacial score (nSPS) is 15.3. The third-order valence-electron chi connectivity index (χ3n) is 5.07. The summed E-state index contributed by atoms with van der Waals surface area (Å²) in [7, 11) is 0. The summed E-state index contributed by atoms with van der Waals surface area (Å²) in [6.45, 7) is 4.09. The molecular weight excluding hydrogens is 603 g/mol. The van der Waals surface area contributed by atoms with Gasteiger partial charge in [0.15, 0.2) is 23.3 Å². The second-order valence-corrected chi connectivity index (χ2v) is 9.84. The Hall–Kier alpha value is -3.31. The largest absolute Gasteiger partial charge is 0.490 e. The van der Waals surface area contributed by atoms with Gasteiger partial charge in [0.2, 0.25) is 0 Å². The number of carbonyl (C=O) groups is 2. The zero-order chi connectivity index (χ0) is 26.2. The van der Waals surface area contributed by atoms with Gasteiger partial charge in [-0.3, -0.25) is 9.69 Å². The first-order valence-corrected chi connectivity index (χ1v) is 13.6. The minimum Gasteiger partial charge on any atom is -0.490 e. The highest BCUT2D eigenvalue weighted by Gasteiger charge is 2.34. The van der Waals surface area contributed by atoms with Crippen molar-refractivity contribution in [2.75, 3.05) is 24.7 Å². The Morgan fingerprint density at radius 1 is 1.00 bits per heavy atom. The Balaban J connectivity index is 1.69. The van der Waals surface area contributed by atoms with E-state index in [1.165, 1.54) is 11.8 Å². The van der Waals surface area contributed by atoms with Crippen molar-refractivity contribution >= 4 is 68.8 Å². The van der Waals surface area contributed by atoms with Crippen LogP contribution in [0.5, 0.6) is 11.5 Å². The van der Waals surface area contributed by atoms with E-state index in [2.05, 4.69) is 22.6 Å². The molecule has 0 saturated carbocycles. The zero-order valence-electron chi connectivity index (χ0n) is 20.3. The molecule has 1 aliphatic rings. The van der Waals surface area contributed by atoms with Crippen molar-refractivity contribution in [3.05, 3.63) is 86.8 Å². The Bertz CT molecular complexity index is 1330. The number of benzene rings is 3. The average Bonchev–Trinajstić information content (AvgIpc) is 3.19. The van der Waals surface area contributed by atoms with Gasteiger partial charge in [-0.15, -0.1) is 0 Å². The molecule has 0 bridgehead atoms. The Labute approximate surface area is 233 Å². The van der Waals surface area contributed by atoms with E-state index in [0.29, 0.717) is 28.2 Å². The van der Waals surface area contributed by atoms with Crippen molar-refractivity contribution in [1.29, 1.82) is 0 Å². The maximum Gasteiger partial charge on any atom is 0.344 e. The first-order valence-electron chi connectivity index (χ1n) is 11.7. The van der Waals surface area contributed by atoms with Crippen LogP contribution in [0.1, 0.15) is 19.4 Å². The smallest absolute Gasteiger partial charge is 0.344 e. The van der Waals surface area contributed by atoms with E-state index in [0.717, 1.165) is 20.5 Å². The molecule has 1 amide bonds. The summed E-state index contributed by atoms with van der Waals surface area (Å²) in [6.07, 6.45) is 1.82. The number of carbonyl (C=O) groups excluding carboxylic acids is 2. The summed E-state index contributed by atoms with van der Waals surface area (Å²) >= 11 is 3.44. The van der Waals surface area contributed by atoms with Gasteiger partial charge in [0, 0.05) is 0 Å². The molecule has 0 atom stereocenters. The monoisotopic (exact) mass is 628 g/mol. The number of rotatable bonds is 9. The van der Waals surface area contributed by atoms with E-state index in [1.54, 1.807) is 17.9 Å². The molecule has 1 fully saturated rings. The summed E-state index contributed by atoms with van der Waals surface area (Å²) in [5.41, 5.74) is 2.27. The molecule has 4 rings (SSSR count). The topological polar surface area (TPSA) is 77.4 Å². The van der Waals surface area contributed by atoms with E-state index in [4.69, 9.17) is 19.2 Å². The highest BCUT2D eigenvalue weighted by atomic mass is 127. The molecule has 9 heteroatoms. The van der Waals surface area contributed by atoms with Gasteiger partial charge in [0.05, 0.1) is 33.1 Å². The molecule has 0 aliphatic carbocycles. The van der Waals surface area contributed by atoms with Crippen LogP contribution in [0.15, 0.2) is 82.7 Å². The van der Waals surface area contributed by atoms with Crippen LogP contribution in [-0.4, -0.2) is 36.9 Å². The fourth-order valence-corrected chi connectivity index (χ4v) is 5.31. The highest BCUT2D eigenvalue weighted by Crippen LogP contribution is 2.39. The van der Waals surface area contributed by atoms with Gasteiger partial charge < -0.3 is 14.2 Å². The second-order valence-electron chi connectivity index (χ2n) is 7.67. The van der Waals surface area contributed by atoms with Crippen LogP contribution < -0.4 is 14.4 Å². The lowest BCUT2D eigenvalue weighted by molar-refractivity contribution is -0.145. The average molecular weight is 628 g/mol. The molecule has 7 nitrogen and oxygen atoms in total. The predicted octanol–water partition coefficient (Wildman–Crippen LogP) is 6.44. The predicted molar refractivity (Wildman–Crippen MR) is 155 cm³/mol. The molecule has 0 radical (unpaired) electrons. The van der Waals surface area contributed by atoms with Crippen molar-refractivity contribution in [2.45, 2.75) is 13.8 Å². The Morgan fingerprint density at radius 2 is 1.70 bits per heavy atom. The third-order valence-corrected chi connectivity index (χ3v) is 6.84. The molecule has 37 heavy (non-hydrogen) atoms. The van der Waals surface area contributed by atoms with Gasteiger partial charge in [-0.05, 0) is 96.2 Å². The number of nitrogens with zero attached hydrogens (tertiary/aromatic N) is 2. The van der Waals surface area contributed by atoms with Crippen LogP contribution in [0.2, 0.25) is 0 Å². The third kappa shape index (κ3) is 6.72. The molecule has 0 N–H and O–H groups in total. The van der Waals surface area contributed by atoms with Gasteiger partial charge in [-0.2, -0.15) is 0 Å². The van der Waals surface area contributed by atoms with Gasteiger partial charge in [-0.1, -0.05) is 36.4 Å². The molecular formula is C28H25IN2O5S. The summed E-state index contributed by atoms with van der Waals surface area (Å²) in [4.78, 5) is 32.2. The lowest BCUT2D eigenvalue weighted by Crippen LogP contribution is -2.28. The molecule has 0 unspecified atom stereocenters. The first kappa shape index (κ1) is 26.7. The van der Waals surface area contributed by atoms with Crippen LogP contribution in [0.4, 0.5) is 11.4 Å². The van der Waals surface area contributed by atoms with E-state index < -0.39 is 5.97 Å². The van der Waals surface area contributed by atoms with Gasteiger partial charge in [-0.25, -0.2) is 9.79 Å². The number of ether oxygens (including phenoxy) is 3. The van der Waals surface area contributed by atoms with E-state index in [1.807, 2.05) is 79.7 Å². The number of para-hydroxylation sites is 2. The molecule has 0 spiro atoms. The van der Waals surface area contributed by atoms with Crippen LogP contribution >= 0.6 is 34.4 Å². The summed E-state index contributed by atoms with van der Waals surface area (Å²) in [5.74, 6) is 0.326. The SMILES string of the molecule is CCOC(=O)COc1c(I)cc(/C=C2/SC(=Nc3ccccc3)N(c3ccccc3)C2=O)cc1OCC. The minimum atomic E-state index is -0.453. The maximum atomic E-state index is 13.6. The molecule has 1 heterocycles. The number of thioether (sulfide) groups is 1. The lowest BCUT2D eigenvalue weighted by atomic mass is 10.1. The number of esters is 1. The molecule has 1 saturated heterocycles. The maximum absolute atomic E-state index is 13.6.